The molecule has 0 aliphatic heterocycles. The fourth-order valence-electron chi connectivity index (χ4n) is 8.36. The van der Waals surface area contributed by atoms with Crippen molar-refractivity contribution in [2.75, 3.05) is 0 Å². The average Bonchev–Trinajstić information content (AvgIpc) is 4.14. The zero-order chi connectivity index (χ0) is 43.9. The molecule has 0 amide bonds. The Hall–Kier alpha value is -1.73. The van der Waals surface area contributed by atoms with Gasteiger partial charge in [-0.1, -0.05) is 128 Å². The number of halogens is 2. The van der Waals surface area contributed by atoms with Crippen LogP contribution in [-0.2, 0) is 48.5 Å². The molecule has 0 bridgehead atoms. The number of hydrogen-bond acceptors (Lipinski definition) is 0. The molecule has 0 heterocycles. The Morgan fingerprint density at radius 1 is 0.323 bits per heavy atom. The molecule has 0 saturated carbocycles. The predicted octanol–water partition coefficient (Wildman–Crippen LogP) is 7.14. The quantitative estimate of drug-likeness (QED) is 0.0903. The van der Waals surface area contributed by atoms with Crippen molar-refractivity contribution in [3.63, 3.8) is 0 Å². The molecule has 0 atom stereocenters. The summed E-state index contributed by atoms with van der Waals surface area (Å²) in [6, 6.07) is 64.1. The molecular formula is C54H68Cl2Si4Zr2-2. The average molecular weight is 1080 g/mol. The van der Waals surface area contributed by atoms with Gasteiger partial charge in [-0.05, 0) is 0 Å². The van der Waals surface area contributed by atoms with Crippen molar-refractivity contribution < 1.29 is 73.3 Å². The van der Waals surface area contributed by atoms with Crippen molar-refractivity contribution >= 4 is 107 Å². The van der Waals surface area contributed by atoms with Gasteiger partial charge in [-0.2, -0.15) is 66.6 Å². The topological polar surface area (TPSA) is 0 Å². The fraction of sp³-hybridized carbons (Fsp3) is 0.296. The van der Waals surface area contributed by atoms with Gasteiger partial charge in [0.05, 0.1) is 0 Å². The molecule has 0 nitrogen and oxygen atoms in total. The number of fused-ring (bicyclic) bond motifs is 4. The maximum atomic E-state index is 3.34. The summed E-state index contributed by atoms with van der Waals surface area (Å²) < 4.78 is 6.68. The van der Waals surface area contributed by atoms with Crippen molar-refractivity contribution in [1.82, 2.24) is 0 Å². The Labute approximate surface area is 425 Å². The molecule has 8 heteroatoms. The molecule has 0 spiro atoms. The van der Waals surface area contributed by atoms with Gasteiger partial charge in [0.1, 0.15) is 0 Å². The van der Waals surface area contributed by atoms with Gasteiger partial charge in [0.25, 0.3) is 0 Å². The monoisotopic (exact) mass is 1080 g/mol. The number of hydrogen-bond donors (Lipinski definition) is 0. The third kappa shape index (κ3) is 15.7. The first-order chi connectivity index (χ1) is 29.5. The van der Waals surface area contributed by atoms with Crippen LogP contribution >= 0.6 is 0 Å². The van der Waals surface area contributed by atoms with E-state index in [0.717, 1.165) is 0 Å². The van der Waals surface area contributed by atoms with E-state index in [4.69, 9.17) is 0 Å². The molecule has 8 aromatic rings. The molecule has 0 fully saturated rings. The molecule has 324 valence electrons. The van der Waals surface area contributed by atoms with E-state index in [-0.39, 0.29) is 60.0 Å². The first-order valence-corrected chi connectivity index (χ1v) is 33.3. The Morgan fingerprint density at radius 2 is 0.484 bits per heavy atom. The van der Waals surface area contributed by atoms with Crippen molar-refractivity contribution in [1.29, 1.82) is 0 Å². The normalized spacial score (nSPS) is 10.5. The van der Waals surface area contributed by atoms with E-state index in [1.165, 1.54) is 140 Å². The second kappa shape index (κ2) is 32.9. The smallest absolute Gasteiger partial charge is 1.00 e. The van der Waals surface area contributed by atoms with Crippen molar-refractivity contribution in [2.24, 2.45) is 0 Å². The van der Waals surface area contributed by atoms with Gasteiger partial charge in [-0.15, -0.1) is 119 Å². The van der Waals surface area contributed by atoms with Crippen LogP contribution < -0.4 is 45.6 Å². The van der Waals surface area contributed by atoms with E-state index in [9.17, 15) is 0 Å². The summed E-state index contributed by atoms with van der Waals surface area (Å²) in [5, 5.41) is 18.1. The summed E-state index contributed by atoms with van der Waals surface area (Å²) in [5.74, 6) is 0. The number of rotatable bonds is 12. The summed E-state index contributed by atoms with van der Waals surface area (Å²) in [7, 11) is -1.13. The molecule has 8 aromatic carbocycles. The van der Waals surface area contributed by atoms with Gasteiger partial charge in [0, 0.05) is 35.2 Å². The minimum absolute atomic E-state index is 0. The molecule has 0 N–H and O–H groups in total. The molecule has 8 rings (SSSR count). The van der Waals surface area contributed by atoms with Gasteiger partial charge in [-0.3, -0.25) is 0 Å². The largest absolute Gasteiger partial charge is 1.00 e. The van der Waals surface area contributed by atoms with Crippen LogP contribution in [0.4, 0.5) is 0 Å². The first-order valence-electron chi connectivity index (χ1n) is 22.1. The van der Waals surface area contributed by atoms with Crippen molar-refractivity contribution in [2.45, 2.75) is 104 Å². The summed E-state index contributed by atoms with van der Waals surface area (Å²) >= 11 is 2.60. The molecule has 0 aliphatic carbocycles. The van der Waals surface area contributed by atoms with Crippen LogP contribution in [0.15, 0.2) is 146 Å². The van der Waals surface area contributed by atoms with E-state index < -0.39 is 0 Å². The van der Waals surface area contributed by atoms with Crippen LogP contribution in [-0.4, -0.2) is 43.6 Å². The summed E-state index contributed by atoms with van der Waals surface area (Å²) in [5.41, 5.74) is 0. The second-order valence-corrected chi connectivity index (χ2v) is 27.2. The van der Waals surface area contributed by atoms with Crippen molar-refractivity contribution in [3.05, 3.63) is 146 Å². The van der Waals surface area contributed by atoms with Crippen LogP contribution in [0.5, 0.6) is 0 Å². The van der Waals surface area contributed by atoms with E-state index in [1.807, 2.05) is 0 Å². The third-order valence-corrected chi connectivity index (χ3v) is 23.3. The van der Waals surface area contributed by atoms with E-state index in [1.54, 1.807) is 20.7 Å². The second-order valence-electron chi connectivity index (χ2n) is 14.6. The zero-order valence-electron chi connectivity index (χ0n) is 38.7. The van der Waals surface area contributed by atoms with Crippen LogP contribution in [0.3, 0.4) is 0 Å². The van der Waals surface area contributed by atoms with Gasteiger partial charge >= 0.3 is 56.9 Å². The Balaban J connectivity index is 0.000000398. The minimum Gasteiger partial charge on any atom is -1.00 e. The van der Waals surface area contributed by atoms with Crippen LogP contribution in [0, 0.1) is 0 Å². The molecule has 4 radical (unpaired) electrons. The van der Waals surface area contributed by atoms with E-state index >= 15 is 0 Å². The maximum Gasteiger partial charge on any atom is -1.00 e. The van der Waals surface area contributed by atoms with Gasteiger partial charge in [0.2, 0.25) is 0 Å². The summed E-state index contributed by atoms with van der Waals surface area (Å²) in [4.78, 5) is 0. The molecule has 0 saturated heterocycles. The maximum absolute atomic E-state index is 3.34. The van der Waals surface area contributed by atoms with Crippen molar-refractivity contribution in [3.8, 4) is 0 Å². The van der Waals surface area contributed by atoms with E-state index in [0.29, 0.717) is 0 Å². The van der Waals surface area contributed by atoms with Gasteiger partial charge < -0.3 is 24.8 Å². The third-order valence-electron chi connectivity index (χ3n) is 11.7. The fourth-order valence-corrected chi connectivity index (χ4v) is 17.1. The van der Waals surface area contributed by atoms with Crippen LogP contribution in [0.1, 0.15) is 55.4 Å². The van der Waals surface area contributed by atoms with Crippen LogP contribution in [0.25, 0.3) is 43.1 Å². The summed E-state index contributed by atoms with van der Waals surface area (Å²) in [6.45, 7) is 18.6. The first kappa shape index (κ1) is 58.3. The minimum atomic E-state index is -0.283. The molecule has 0 aliphatic rings. The molecule has 0 unspecified atom stereocenters. The molecule has 62 heavy (non-hydrogen) atoms. The Morgan fingerprint density at radius 3 is 0.645 bits per heavy atom. The number of benzene rings is 4. The summed E-state index contributed by atoms with van der Waals surface area (Å²) in [6.07, 6.45) is 0. The SMILES string of the molecule is CC[Si](CC)c1c[cH-]c2ccccc12.CC[Si](CC)c1c[cH-]c2ccccc12.CC[Si](CC)c1c[cH-]c2ccccc12.CC[Si](CC)c1c[cH-]c2ccccc12.[CH2]=[Zr+2].[CH2]=[Zr+2].[Cl-].[Cl-]. The molecular weight excluding hydrogens is 1010 g/mol. The Bertz CT molecular complexity index is 2030. The zero-order valence-corrected chi connectivity index (χ0v) is 49.1. The molecule has 0 aromatic heterocycles. The van der Waals surface area contributed by atoms with Crippen LogP contribution in [0.2, 0.25) is 48.4 Å². The van der Waals surface area contributed by atoms with E-state index in [2.05, 4.69) is 209 Å². The van der Waals surface area contributed by atoms with Gasteiger partial charge in [-0.25, -0.2) is 0 Å². The Kier molecular flexibility index (Phi) is 30.9. The standard InChI is InChI=1S/4C13H16Si.2CH2.2ClH.2Zr/c4*1-3-14(4-2)13-10-9-11-7-5-6-8-12(11)13;;;;;;/h4*5-10H,3-4H2,1-2H3;2*1H2;2*1H;;/q4*-1;;;;;2*+2/p-2. The van der Waals surface area contributed by atoms with Gasteiger partial charge in [0.15, 0.2) is 0 Å². The predicted molar refractivity (Wildman–Crippen MR) is 278 cm³/mol.